The fourth-order valence-electron chi connectivity index (χ4n) is 3.55. The Kier molecular flexibility index (Phi) is 5.59. The first-order valence-corrected chi connectivity index (χ1v) is 11.3. The molecule has 0 amide bonds. The maximum Gasteiger partial charge on any atom is 0.231 e. The molecule has 0 spiro atoms. The van der Waals surface area contributed by atoms with E-state index in [0.29, 0.717) is 12.0 Å². The molecule has 1 aliphatic heterocycles. The van der Waals surface area contributed by atoms with Crippen LogP contribution < -0.4 is 14.8 Å². The first-order valence-electron chi connectivity index (χ1n) is 9.20. The minimum atomic E-state index is -3.21. The molecule has 1 unspecified atom stereocenters. The lowest BCUT2D eigenvalue weighted by Gasteiger charge is -2.31. The first-order chi connectivity index (χ1) is 13.0. The van der Waals surface area contributed by atoms with Crippen LogP contribution in [0, 0.1) is 0 Å². The van der Waals surface area contributed by atoms with E-state index in [1.807, 2.05) is 24.3 Å². The quantitative estimate of drug-likeness (QED) is 0.736. The highest BCUT2D eigenvalue weighted by Gasteiger charge is 2.25. The second-order valence-corrected chi connectivity index (χ2v) is 10.1. The largest absolute Gasteiger partial charge is 0.508 e. The second-order valence-electron chi connectivity index (χ2n) is 7.98. The Morgan fingerprint density at radius 2 is 1.86 bits per heavy atom. The van der Waals surface area contributed by atoms with Crippen molar-refractivity contribution in [3.8, 4) is 17.2 Å². The van der Waals surface area contributed by atoms with Gasteiger partial charge in [-0.05, 0) is 56.5 Å². The van der Waals surface area contributed by atoms with Gasteiger partial charge in [-0.15, -0.1) is 0 Å². The summed E-state index contributed by atoms with van der Waals surface area (Å²) in [5, 5.41) is 13.6. The maximum atomic E-state index is 11.6. The number of rotatable bonds is 7. The summed E-state index contributed by atoms with van der Waals surface area (Å²) in [6, 6.07) is 11.2. The zero-order valence-electron chi connectivity index (χ0n) is 16.7. The SMILES string of the molecule is CC(Cc1ccc(O)c(CS(C)(=O)=O)c1)NC(C)(C)c1ccc2c(c1)OCO2. The number of fused-ring (bicyclic) bond motifs is 1. The van der Waals surface area contributed by atoms with Crippen molar-refractivity contribution in [2.24, 2.45) is 0 Å². The molecule has 0 aromatic heterocycles. The number of nitrogens with one attached hydrogen (secondary N) is 1. The molecule has 1 atom stereocenters. The predicted octanol–water partition coefficient (Wildman–Crippen LogP) is 3.12. The van der Waals surface area contributed by atoms with Crippen LogP contribution in [-0.2, 0) is 27.5 Å². The van der Waals surface area contributed by atoms with Crippen LogP contribution in [0.15, 0.2) is 36.4 Å². The summed E-state index contributed by atoms with van der Waals surface area (Å²) in [5.41, 5.74) is 2.19. The minimum absolute atomic E-state index is 0.00970. The van der Waals surface area contributed by atoms with E-state index < -0.39 is 9.84 Å². The van der Waals surface area contributed by atoms with Crippen LogP contribution in [0.3, 0.4) is 0 Å². The van der Waals surface area contributed by atoms with Crippen molar-refractivity contribution >= 4 is 9.84 Å². The summed E-state index contributed by atoms with van der Waals surface area (Å²) >= 11 is 0. The zero-order chi connectivity index (χ0) is 20.5. The molecule has 1 aliphatic rings. The van der Waals surface area contributed by atoms with Gasteiger partial charge in [0.2, 0.25) is 6.79 Å². The highest BCUT2D eigenvalue weighted by molar-refractivity contribution is 7.89. The monoisotopic (exact) mass is 405 g/mol. The van der Waals surface area contributed by atoms with Crippen molar-refractivity contribution in [3.63, 3.8) is 0 Å². The smallest absolute Gasteiger partial charge is 0.231 e. The van der Waals surface area contributed by atoms with Gasteiger partial charge in [0.25, 0.3) is 0 Å². The standard InChI is InChI=1S/C21H27NO5S/c1-14(9-15-5-7-18(23)16(10-15)12-28(4,24)25)22-21(2,3)17-6-8-19-20(11-17)27-13-26-19/h5-8,10-11,14,22-23H,9,12-13H2,1-4H3. The molecular formula is C21H27NO5S. The van der Waals surface area contributed by atoms with Crippen molar-refractivity contribution in [3.05, 3.63) is 53.1 Å². The Bertz CT molecular complexity index is 969. The topological polar surface area (TPSA) is 84.9 Å². The first kappa shape index (κ1) is 20.5. The third-order valence-electron chi connectivity index (χ3n) is 4.80. The number of aromatic hydroxyl groups is 1. The number of phenols is 1. The number of ether oxygens (including phenoxy) is 2. The van der Waals surface area contributed by atoms with Crippen molar-refractivity contribution in [1.29, 1.82) is 0 Å². The average Bonchev–Trinajstić information content (AvgIpc) is 3.03. The van der Waals surface area contributed by atoms with Gasteiger partial charge in [0.15, 0.2) is 21.3 Å². The molecule has 6 nitrogen and oxygen atoms in total. The molecular weight excluding hydrogens is 378 g/mol. The number of sulfone groups is 1. The molecule has 0 bridgehead atoms. The van der Waals surface area contributed by atoms with Gasteiger partial charge in [-0.1, -0.05) is 18.2 Å². The van der Waals surface area contributed by atoms with E-state index >= 15 is 0 Å². The number of benzene rings is 2. The van der Waals surface area contributed by atoms with Gasteiger partial charge in [0.1, 0.15) is 5.75 Å². The van der Waals surface area contributed by atoms with E-state index in [-0.39, 0.29) is 29.9 Å². The van der Waals surface area contributed by atoms with E-state index in [2.05, 4.69) is 26.1 Å². The lowest BCUT2D eigenvalue weighted by molar-refractivity contribution is 0.174. The predicted molar refractivity (Wildman–Crippen MR) is 109 cm³/mol. The third-order valence-corrected chi connectivity index (χ3v) is 5.64. The molecule has 2 aromatic rings. The molecule has 0 saturated heterocycles. The Morgan fingerprint density at radius 3 is 2.57 bits per heavy atom. The van der Waals surface area contributed by atoms with E-state index in [0.717, 1.165) is 28.9 Å². The summed E-state index contributed by atoms with van der Waals surface area (Å²) < 4.78 is 34.0. The maximum absolute atomic E-state index is 11.6. The van der Waals surface area contributed by atoms with Crippen molar-refractivity contribution in [2.75, 3.05) is 13.0 Å². The minimum Gasteiger partial charge on any atom is -0.508 e. The Morgan fingerprint density at radius 1 is 1.14 bits per heavy atom. The van der Waals surface area contributed by atoms with Gasteiger partial charge in [-0.3, -0.25) is 0 Å². The summed E-state index contributed by atoms with van der Waals surface area (Å²) in [6.07, 6.45) is 1.86. The molecule has 0 fully saturated rings. The molecule has 3 rings (SSSR count). The lowest BCUT2D eigenvalue weighted by Crippen LogP contribution is -2.43. The highest BCUT2D eigenvalue weighted by Crippen LogP contribution is 2.35. The summed E-state index contributed by atoms with van der Waals surface area (Å²) in [6.45, 7) is 6.54. The number of hydrogen-bond acceptors (Lipinski definition) is 6. The van der Waals surface area contributed by atoms with Crippen LogP contribution in [0.5, 0.6) is 17.2 Å². The molecule has 2 aromatic carbocycles. The van der Waals surface area contributed by atoms with E-state index in [9.17, 15) is 13.5 Å². The van der Waals surface area contributed by atoms with Crippen LogP contribution in [0.1, 0.15) is 37.5 Å². The zero-order valence-corrected chi connectivity index (χ0v) is 17.5. The van der Waals surface area contributed by atoms with Gasteiger partial charge in [-0.25, -0.2) is 8.42 Å². The van der Waals surface area contributed by atoms with Crippen LogP contribution in [0.2, 0.25) is 0 Å². The van der Waals surface area contributed by atoms with Gasteiger partial charge < -0.3 is 19.9 Å². The Labute approximate surface area is 166 Å². The van der Waals surface area contributed by atoms with E-state index in [1.54, 1.807) is 12.1 Å². The molecule has 152 valence electrons. The van der Waals surface area contributed by atoms with E-state index in [1.165, 1.54) is 0 Å². The number of phenolic OH excluding ortho intramolecular Hbond substituents is 1. The Balaban J connectivity index is 1.71. The molecule has 0 saturated carbocycles. The van der Waals surface area contributed by atoms with Crippen molar-refractivity contribution < 1.29 is 23.0 Å². The molecule has 2 N–H and O–H groups in total. The third kappa shape index (κ3) is 4.97. The molecule has 7 heteroatoms. The molecule has 28 heavy (non-hydrogen) atoms. The van der Waals surface area contributed by atoms with Crippen LogP contribution in [0.4, 0.5) is 0 Å². The number of hydrogen-bond donors (Lipinski definition) is 2. The highest BCUT2D eigenvalue weighted by atomic mass is 32.2. The van der Waals surface area contributed by atoms with Crippen molar-refractivity contribution in [1.82, 2.24) is 5.32 Å². The lowest BCUT2D eigenvalue weighted by atomic mass is 9.92. The summed E-state index contributed by atoms with van der Waals surface area (Å²) in [5.74, 6) is 1.35. The molecule has 1 heterocycles. The van der Waals surface area contributed by atoms with Crippen LogP contribution >= 0.6 is 0 Å². The Hall–Kier alpha value is -2.25. The fourth-order valence-corrected chi connectivity index (χ4v) is 4.35. The van der Waals surface area contributed by atoms with Gasteiger partial charge >= 0.3 is 0 Å². The van der Waals surface area contributed by atoms with E-state index in [4.69, 9.17) is 9.47 Å². The molecule has 0 radical (unpaired) electrons. The van der Waals surface area contributed by atoms with Crippen LogP contribution in [0.25, 0.3) is 0 Å². The van der Waals surface area contributed by atoms with Crippen LogP contribution in [-0.4, -0.2) is 32.6 Å². The van der Waals surface area contributed by atoms with Crippen molar-refractivity contribution in [2.45, 2.75) is 44.5 Å². The molecule has 0 aliphatic carbocycles. The van der Waals surface area contributed by atoms with Gasteiger partial charge in [0.05, 0.1) is 5.75 Å². The van der Waals surface area contributed by atoms with Gasteiger partial charge in [-0.2, -0.15) is 0 Å². The summed E-state index contributed by atoms with van der Waals surface area (Å²) in [4.78, 5) is 0. The van der Waals surface area contributed by atoms with Gasteiger partial charge in [0, 0.05) is 23.4 Å². The second kappa shape index (κ2) is 7.64. The average molecular weight is 406 g/mol. The fraction of sp³-hybridized carbons (Fsp3) is 0.429. The summed E-state index contributed by atoms with van der Waals surface area (Å²) in [7, 11) is -3.21. The normalized spacial score (nSPS) is 14.9.